The molecule has 2 aliphatic heterocycles. The molecule has 1 aromatic heterocycles. The van der Waals surface area contributed by atoms with E-state index < -0.39 is 0 Å². The summed E-state index contributed by atoms with van der Waals surface area (Å²) in [7, 11) is 0. The Labute approximate surface area is 117 Å². The Morgan fingerprint density at radius 3 is 3.11 bits per heavy atom. The van der Waals surface area contributed by atoms with Crippen LogP contribution < -0.4 is 5.73 Å². The van der Waals surface area contributed by atoms with Crippen molar-refractivity contribution in [2.75, 3.05) is 19.6 Å². The largest absolute Gasteiger partial charge is 0.370 e. The van der Waals surface area contributed by atoms with Crippen LogP contribution in [0.4, 0.5) is 0 Å². The Kier molecular flexibility index (Phi) is 2.60. The van der Waals surface area contributed by atoms with Gasteiger partial charge in [0, 0.05) is 24.0 Å². The Morgan fingerprint density at radius 2 is 2.37 bits per heavy atom. The number of thiophene rings is 1. The Morgan fingerprint density at radius 1 is 1.47 bits per heavy atom. The van der Waals surface area contributed by atoms with Crippen LogP contribution in [-0.2, 0) is 6.54 Å². The monoisotopic (exact) mass is 276 g/mol. The SMILES string of the molecule is NC1=NCC2(CCN(C3CC3)C2)N1Cc1cccs1. The highest BCUT2D eigenvalue weighted by Gasteiger charge is 2.49. The quantitative estimate of drug-likeness (QED) is 0.909. The molecule has 0 radical (unpaired) electrons. The fourth-order valence-corrected chi connectivity index (χ4v) is 4.13. The van der Waals surface area contributed by atoms with E-state index in [9.17, 15) is 0 Å². The van der Waals surface area contributed by atoms with Crippen molar-refractivity contribution in [2.45, 2.75) is 37.4 Å². The van der Waals surface area contributed by atoms with Gasteiger partial charge in [0.25, 0.3) is 0 Å². The van der Waals surface area contributed by atoms with Crippen molar-refractivity contribution >= 4 is 17.3 Å². The van der Waals surface area contributed by atoms with Crippen LogP contribution in [0.25, 0.3) is 0 Å². The highest BCUT2D eigenvalue weighted by atomic mass is 32.1. The van der Waals surface area contributed by atoms with Crippen molar-refractivity contribution in [3.05, 3.63) is 22.4 Å². The molecule has 0 amide bonds. The first kappa shape index (κ1) is 11.7. The molecule has 0 bridgehead atoms. The lowest BCUT2D eigenvalue weighted by molar-refractivity contribution is 0.188. The molecule has 3 aliphatic rings. The second-order valence-electron chi connectivity index (χ2n) is 6.02. The molecule has 0 aromatic carbocycles. The van der Waals surface area contributed by atoms with E-state index >= 15 is 0 Å². The molecule has 3 heterocycles. The molecule has 1 atom stereocenters. The van der Waals surface area contributed by atoms with Gasteiger partial charge in [-0.3, -0.25) is 9.89 Å². The van der Waals surface area contributed by atoms with E-state index in [-0.39, 0.29) is 5.54 Å². The van der Waals surface area contributed by atoms with E-state index in [1.165, 1.54) is 30.7 Å². The number of aliphatic imine (C=N–C) groups is 1. The second kappa shape index (κ2) is 4.21. The maximum atomic E-state index is 6.15. The van der Waals surface area contributed by atoms with Crippen LogP contribution in [0.15, 0.2) is 22.5 Å². The van der Waals surface area contributed by atoms with Gasteiger partial charge in [-0.15, -0.1) is 11.3 Å². The highest BCUT2D eigenvalue weighted by molar-refractivity contribution is 7.09. The molecule has 1 saturated heterocycles. The van der Waals surface area contributed by atoms with Crippen molar-refractivity contribution in [3.63, 3.8) is 0 Å². The summed E-state index contributed by atoms with van der Waals surface area (Å²) >= 11 is 1.81. The number of nitrogens with zero attached hydrogens (tertiary/aromatic N) is 3. The lowest BCUT2D eigenvalue weighted by Crippen LogP contribution is -2.52. The molecule has 4 nitrogen and oxygen atoms in total. The summed E-state index contributed by atoms with van der Waals surface area (Å²) in [5, 5.41) is 2.14. The van der Waals surface area contributed by atoms with Crippen LogP contribution in [0.1, 0.15) is 24.1 Å². The zero-order chi connectivity index (χ0) is 12.9. The molecular formula is C14H20N4S. The predicted molar refractivity (Wildman–Crippen MR) is 78.3 cm³/mol. The van der Waals surface area contributed by atoms with Crippen LogP contribution in [0, 0.1) is 0 Å². The second-order valence-corrected chi connectivity index (χ2v) is 7.05. The predicted octanol–water partition coefficient (Wildman–Crippen LogP) is 1.49. The summed E-state index contributed by atoms with van der Waals surface area (Å²) in [5.41, 5.74) is 6.33. The molecule has 5 heteroatoms. The van der Waals surface area contributed by atoms with Crippen LogP contribution in [0.3, 0.4) is 0 Å². The average molecular weight is 276 g/mol. The van der Waals surface area contributed by atoms with Gasteiger partial charge in [0.15, 0.2) is 5.96 Å². The standard InChI is InChI=1S/C14H20N4S/c15-13-16-9-14(5-6-17(10-14)11-3-4-11)18(13)8-12-2-1-7-19-12/h1-2,7,11H,3-6,8-10H2,(H2,15,16). The summed E-state index contributed by atoms with van der Waals surface area (Å²) in [5.74, 6) is 0.742. The van der Waals surface area contributed by atoms with Gasteiger partial charge < -0.3 is 10.6 Å². The van der Waals surface area contributed by atoms with Gasteiger partial charge in [-0.05, 0) is 30.7 Å². The molecule has 4 rings (SSSR count). The fourth-order valence-electron chi connectivity index (χ4n) is 3.44. The Bertz CT molecular complexity index is 494. The van der Waals surface area contributed by atoms with E-state index in [1.54, 1.807) is 0 Å². The Balaban J connectivity index is 1.54. The highest BCUT2D eigenvalue weighted by Crippen LogP contribution is 2.39. The van der Waals surface area contributed by atoms with Crippen molar-refractivity contribution in [3.8, 4) is 0 Å². The summed E-state index contributed by atoms with van der Waals surface area (Å²) < 4.78 is 0. The third-order valence-electron chi connectivity index (χ3n) is 4.70. The smallest absolute Gasteiger partial charge is 0.192 e. The normalized spacial score (nSPS) is 31.4. The van der Waals surface area contributed by atoms with Crippen LogP contribution in [0.5, 0.6) is 0 Å². The number of hydrogen-bond acceptors (Lipinski definition) is 5. The Hall–Kier alpha value is -1.07. The number of rotatable bonds is 3. The molecular weight excluding hydrogens is 256 g/mol. The lowest BCUT2D eigenvalue weighted by Gasteiger charge is -2.36. The summed E-state index contributed by atoms with van der Waals surface area (Å²) in [6.07, 6.45) is 3.98. The van der Waals surface area contributed by atoms with Gasteiger partial charge in [0.05, 0.1) is 18.6 Å². The first-order chi connectivity index (χ1) is 9.27. The summed E-state index contributed by atoms with van der Waals surface area (Å²) in [6.45, 7) is 4.17. The topological polar surface area (TPSA) is 44.9 Å². The minimum atomic E-state index is 0.177. The molecule has 1 aromatic rings. The number of guanidine groups is 1. The zero-order valence-corrected chi connectivity index (χ0v) is 11.9. The van der Waals surface area contributed by atoms with E-state index in [2.05, 4.69) is 32.3 Å². The number of likely N-dealkylation sites (tertiary alicyclic amines) is 1. The number of nitrogens with two attached hydrogens (primary N) is 1. The molecule has 1 spiro atoms. The van der Waals surface area contributed by atoms with Crippen LogP contribution >= 0.6 is 11.3 Å². The lowest BCUT2D eigenvalue weighted by atomic mass is 9.97. The number of hydrogen-bond donors (Lipinski definition) is 1. The first-order valence-corrected chi connectivity index (χ1v) is 7.99. The van der Waals surface area contributed by atoms with Crippen molar-refractivity contribution in [1.82, 2.24) is 9.80 Å². The van der Waals surface area contributed by atoms with Gasteiger partial charge in [-0.1, -0.05) is 6.07 Å². The van der Waals surface area contributed by atoms with E-state index in [1.807, 2.05) is 11.3 Å². The van der Waals surface area contributed by atoms with Crippen molar-refractivity contribution in [2.24, 2.45) is 10.7 Å². The third kappa shape index (κ3) is 1.96. The molecule has 2 N–H and O–H groups in total. The minimum Gasteiger partial charge on any atom is -0.370 e. The van der Waals surface area contributed by atoms with Gasteiger partial charge in [0.1, 0.15) is 0 Å². The first-order valence-electron chi connectivity index (χ1n) is 7.11. The van der Waals surface area contributed by atoms with Gasteiger partial charge in [-0.25, -0.2) is 0 Å². The summed E-state index contributed by atoms with van der Waals surface area (Å²) in [6, 6.07) is 5.16. The van der Waals surface area contributed by atoms with Crippen LogP contribution in [-0.4, -0.2) is 47.0 Å². The zero-order valence-electron chi connectivity index (χ0n) is 11.1. The van der Waals surface area contributed by atoms with E-state index in [0.717, 1.165) is 31.6 Å². The van der Waals surface area contributed by atoms with Gasteiger partial charge >= 0.3 is 0 Å². The molecule has 1 unspecified atom stereocenters. The van der Waals surface area contributed by atoms with Crippen LogP contribution in [0.2, 0.25) is 0 Å². The third-order valence-corrected chi connectivity index (χ3v) is 5.56. The maximum Gasteiger partial charge on any atom is 0.192 e. The minimum absolute atomic E-state index is 0.177. The molecule has 1 saturated carbocycles. The van der Waals surface area contributed by atoms with Gasteiger partial charge in [-0.2, -0.15) is 0 Å². The average Bonchev–Trinajstić information content (AvgIpc) is 2.87. The molecule has 19 heavy (non-hydrogen) atoms. The molecule has 1 aliphatic carbocycles. The molecule has 2 fully saturated rings. The summed E-state index contributed by atoms with van der Waals surface area (Å²) in [4.78, 5) is 10.9. The van der Waals surface area contributed by atoms with Crippen molar-refractivity contribution in [1.29, 1.82) is 0 Å². The fraction of sp³-hybridized carbons (Fsp3) is 0.643. The maximum absolute atomic E-state index is 6.15. The van der Waals surface area contributed by atoms with E-state index in [0.29, 0.717) is 0 Å². The van der Waals surface area contributed by atoms with Crippen molar-refractivity contribution < 1.29 is 0 Å². The molecule has 102 valence electrons. The van der Waals surface area contributed by atoms with E-state index in [4.69, 9.17) is 5.73 Å². The van der Waals surface area contributed by atoms with Gasteiger partial charge in [0.2, 0.25) is 0 Å².